The molecule has 4 heteroatoms. The molecule has 2 unspecified atom stereocenters. The third-order valence-electron chi connectivity index (χ3n) is 7.53. The Kier molecular flexibility index (Phi) is 11.9. The van der Waals surface area contributed by atoms with Crippen LogP contribution in [0.5, 0.6) is 0 Å². The minimum Gasteiger partial charge on any atom is -1.00 e. The van der Waals surface area contributed by atoms with Crippen LogP contribution in [0.4, 0.5) is 0 Å². The normalized spacial score (nSPS) is 17.2. The fourth-order valence-corrected chi connectivity index (χ4v) is 17.7. The average molecular weight is 714 g/mol. The molecule has 0 aliphatic heterocycles. The molecule has 0 amide bonds. The molecule has 0 heterocycles. The molecule has 5 rings (SSSR count). The van der Waals surface area contributed by atoms with Gasteiger partial charge < -0.3 is 24.8 Å². The van der Waals surface area contributed by atoms with E-state index in [1.165, 1.54) is 60.3 Å². The van der Waals surface area contributed by atoms with E-state index in [2.05, 4.69) is 106 Å². The second-order valence-electron chi connectivity index (χ2n) is 9.99. The zero-order chi connectivity index (χ0) is 24.2. The quantitative estimate of drug-likeness (QED) is 0.220. The van der Waals surface area contributed by atoms with Crippen molar-refractivity contribution >= 4 is 20.1 Å². The predicted molar refractivity (Wildman–Crippen MR) is 152 cm³/mol. The van der Waals surface area contributed by atoms with Crippen molar-refractivity contribution in [2.24, 2.45) is 0 Å². The first-order chi connectivity index (χ1) is 17.2. The molecule has 3 aromatic rings. The molecule has 2 aliphatic rings. The van der Waals surface area contributed by atoms with Crippen LogP contribution in [0.15, 0.2) is 83.7 Å². The maximum absolute atomic E-state index is 2.65. The van der Waals surface area contributed by atoms with Crippen LogP contribution in [0.1, 0.15) is 76.1 Å². The summed E-state index contributed by atoms with van der Waals surface area (Å²) in [6.07, 6.45) is 13.4. The van der Waals surface area contributed by atoms with Gasteiger partial charge in [-0.1, -0.05) is 0 Å². The SMILES string of the molecule is CCCCP(CCCC)C1=Cc2ccccc2[CH]1[Hf+2][CH]1C(C)=Cc2c(-c3ccccc3)cccc21.[Cl-].[Cl-]. The molecule has 2 atom stereocenters. The third-order valence-corrected chi connectivity index (χ3v) is 18.6. The van der Waals surface area contributed by atoms with Crippen molar-refractivity contribution in [3.8, 4) is 11.1 Å². The molecule has 0 N–H and O–H groups in total. The summed E-state index contributed by atoms with van der Waals surface area (Å²) in [7, 11) is -0.0131. The first-order valence-corrected chi connectivity index (χ1v) is 19.2. The van der Waals surface area contributed by atoms with Crippen LogP contribution < -0.4 is 24.8 Å². The Morgan fingerprint density at radius 1 is 0.703 bits per heavy atom. The smallest absolute Gasteiger partial charge is 1.00 e. The van der Waals surface area contributed by atoms with Crippen molar-refractivity contribution in [2.45, 2.75) is 53.8 Å². The van der Waals surface area contributed by atoms with Gasteiger partial charge in [-0.2, -0.15) is 0 Å². The van der Waals surface area contributed by atoms with Crippen LogP contribution in [0, 0.1) is 0 Å². The number of hydrogen-bond acceptors (Lipinski definition) is 0. The van der Waals surface area contributed by atoms with E-state index in [0.717, 1.165) is 3.67 Å². The number of unbranched alkanes of at least 4 members (excludes halogenated alkanes) is 2. The fraction of sp³-hybridized carbons (Fsp3) is 0.333. The van der Waals surface area contributed by atoms with Gasteiger partial charge in [-0.15, -0.1) is 0 Å². The van der Waals surface area contributed by atoms with E-state index in [-0.39, 0.29) is 32.7 Å². The van der Waals surface area contributed by atoms with E-state index in [9.17, 15) is 0 Å². The molecule has 0 saturated heterocycles. The molecule has 0 nitrogen and oxygen atoms in total. The summed E-state index contributed by atoms with van der Waals surface area (Å²) in [5.74, 6) is 0. The van der Waals surface area contributed by atoms with Gasteiger partial charge in [-0.05, 0) is 0 Å². The number of rotatable bonds is 10. The predicted octanol–water partition coefficient (Wildman–Crippen LogP) is 4.08. The number of halogens is 2. The molecule has 2 aliphatic carbocycles. The van der Waals surface area contributed by atoms with Crippen molar-refractivity contribution in [1.29, 1.82) is 0 Å². The fourth-order valence-electron chi connectivity index (χ4n) is 5.63. The van der Waals surface area contributed by atoms with Gasteiger partial charge in [0.1, 0.15) is 0 Å². The van der Waals surface area contributed by atoms with E-state index in [4.69, 9.17) is 0 Å². The summed E-state index contributed by atoms with van der Waals surface area (Å²) in [5.41, 5.74) is 10.7. The van der Waals surface area contributed by atoms with Crippen molar-refractivity contribution in [3.05, 3.63) is 106 Å². The standard InChI is InChI=1S/C17H24P.C16H13.2ClH.Hf/c1-3-5-11-18(12-6-4-2)17-13-15-9-7-8-10-16(15)14-17;1-12-10-14-8-5-9-15(16(14)11-12)13-6-3-2-4-7-13;;;/h7-10,13-14H,3-6,11-12H2,1-2H3;2-11H,1H3;2*1H;/q;;;;+2/p-2. The summed E-state index contributed by atoms with van der Waals surface area (Å²) >= 11 is -1.12. The van der Waals surface area contributed by atoms with Gasteiger partial charge in [0.2, 0.25) is 0 Å². The van der Waals surface area contributed by atoms with Crippen LogP contribution >= 0.6 is 7.92 Å². The monoisotopic (exact) mass is 714 g/mol. The van der Waals surface area contributed by atoms with E-state index in [0.29, 0.717) is 3.67 Å². The van der Waals surface area contributed by atoms with Gasteiger partial charge in [-0.25, -0.2) is 0 Å². The Balaban J connectivity index is 0.00000190. The van der Waals surface area contributed by atoms with Crippen LogP contribution in [0.2, 0.25) is 0 Å². The number of fused-ring (bicyclic) bond motifs is 2. The first-order valence-electron chi connectivity index (χ1n) is 13.4. The van der Waals surface area contributed by atoms with Crippen LogP contribution in [0.3, 0.4) is 0 Å². The van der Waals surface area contributed by atoms with Gasteiger partial charge in [0, 0.05) is 0 Å². The van der Waals surface area contributed by atoms with Gasteiger partial charge in [-0.3, -0.25) is 0 Å². The van der Waals surface area contributed by atoms with E-state index < -0.39 is 22.9 Å². The van der Waals surface area contributed by atoms with Crippen molar-refractivity contribution < 1.29 is 47.7 Å². The van der Waals surface area contributed by atoms with Crippen molar-refractivity contribution in [3.63, 3.8) is 0 Å². The Morgan fingerprint density at radius 2 is 1.35 bits per heavy atom. The molecule has 0 aromatic heterocycles. The van der Waals surface area contributed by atoms with E-state index in [1.807, 2.05) is 5.31 Å². The molecular weight excluding hydrogens is 677 g/mol. The number of benzene rings is 3. The Bertz CT molecular complexity index is 1230. The number of hydrogen-bond donors (Lipinski definition) is 0. The van der Waals surface area contributed by atoms with E-state index in [1.54, 1.807) is 16.7 Å². The largest absolute Gasteiger partial charge is 1.00 e. The van der Waals surface area contributed by atoms with Crippen LogP contribution in [0.25, 0.3) is 23.3 Å². The van der Waals surface area contributed by atoms with Crippen LogP contribution in [-0.2, 0) is 22.9 Å². The van der Waals surface area contributed by atoms with E-state index >= 15 is 0 Å². The summed E-state index contributed by atoms with van der Waals surface area (Å²) in [5, 5.41) is 1.87. The Morgan fingerprint density at radius 3 is 2.05 bits per heavy atom. The summed E-state index contributed by atoms with van der Waals surface area (Å²) in [6, 6.07) is 27.4. The average Bonchev–Trinajstić information content (AvgIpc) is 3.42. The molecule has 0 fully saturated rings. The van der Waals surface area contributed by atoms with Gasteiger partial charge in [0.25, 0.3) is 0 Å². The van der Waals surface area contributed by atoms with Crippen molar-refractivity contribution in [1.82, 2.24) is 0 Å². The molecule has 0 saturated carbocycles. The van der Waals surface area contributed by atoms with Crippen LogP contribution in [-0.4, -0.2) is 12.3 Å². The maximum atomic E-state index is 2.65. The summed E-state index contributed by atoms with van der Waals surface area (Å²) < 4.78 is 1.45. The second-order valence-corrected chi connectivity index (χ2v) is 17.8. The first kappa shape index (κ1) is 30.6. The molecular formula is C33H37Cl2HfP. The third kappa shape index (κ3) is 6.61. The molecule has 192 valence electrons. The van der Waals surface area contributed by atoms with Gasteiger partial charge in [0.05, 0.1) is 0 Å². The molecule has 3 aromatic carbocycles. The summed E-state index contributed by atoms with van der Waals surface area (Å²) in [6.45, 7) is 7.12. The molecule has 0 spiro atoms. The van der Waals surface area contributed by atoms with Gasteiger partial charge >= 0.3 is 226 Å². The summed E-state index contributed by atoms with van der Waals surface area (Å²) in [4.78, 5) is 0. The Labute approximate surface area is 249 Å². The molecule has 0 radical (unpaired) electrons. The second kappa shape index (κ2) is 14.4. The topological polar surface area (TPSA) is 0 Å². The minimum absolute atomic E-state index is 0. The molecule has 0 bridgehead atoms. The maximum Gasteiger partial charge on any atom is -1.00 e. The number of allylic oxidation sites excluding steroid dienone is 2. The molecule has 37 heavy (non-hydrogen) atoms. The Hall–Kier alpha value is -0.980. The minimum atomic E-state index is -1.12. The van der Waals surface area contributed by atoms with Gasteiger partial charge in [0.15, 0.2) is 0 Å². The van der Waals surface area contributed by atoms with Crippen molar-refractivity contribution in [2.75, 3.05) is 12.3 Å². The zero-order valence-corrected chi connectivity index (χ0v) is 28.2. The zero-order valence-electron chi connectivity index (χ0n) is 22.2.